The van der Waals surface area contributed by atoms with Gasteiger partial charge in [-0.1, -0.05) is 319 Å². The summed E-state index contributed by atoms with van der Waals surface area (Å²) < 4.78 is 5.49. The number of amides is 1. The van der Waals surface area contributed by atoms with Crippen LogP contribution in [0.2, 0.25) is 0 Å². The SMILES string of the molecule is CCCCC/C=C\C/C=C\CCCCCCCCCC(=O)OCCCCCCCCCCC/C=C\CCCCCCCCCC(=O)NC(CO)C(O)/C=C/CCCCCCCCCCCCCCCCCCCCCCCC. The number of aliphatic hydroxyl groups is 2. The lowest BCUT2D eigenvalue weighted by Gasteiger charge is -2.20. The fourth-order valence-electron chi connectivity index (χ4n) is 10.7. The van der Waals surface area contributed by atoms with Crippen molar-refractivity contribution in [2.45, 2.75) is 386 Å². The van der Waals surface area contributed by atoms with Gasteiger partial charge in [0, 0.05) is 12.8 Å². The van der Waals surface area contributed by atoms with Gasteiger partial charge in [0.25, 0.3) is 0 Å². The highest BCUT2D eigenvalue weighted by Crippen LogP contribution is 2.18. The summed E-state index contributed by atoms with van der Waals surface area (Å²) in [6.07, 6.45) is 87.5. The number of unbranched alkanes of at least 4 members (excludes halogenated alkanes) is 48. The summed E-state index contributed by atoms with van der Waals surface area (Å²) in [5, 5.41) is 23.3. The number of nitrogens with one attached hydrogen (secondary N) is 1. The third-order valence-corrected chi connectivity index (χ3v) is 16.1. The van der Waals surface area contributed by atoms with Crippen molar-refractivity contribution in [3.8, 4) is 0 Å². The maximum atomic E-state index is 12.5. The van der Waals surface area contributed by atoms with Gasteiger partial charge in [0.2, 0.25) is 5.91 Å². The van der Waals surface area contributed by atoms with E-state index in [1.165, 1.54) is 289 Å². The van der Waals surface area contributed by atoms with Crippen molar-refractivity contribution in [2.24, 2.45) is 0 Å². The van der Waals surface area contributed by atoms with Gasteiger partial charge in [-0.15, -0.1) is 0 Å². The zero-order valence-corrected chi connectivity index (χ0v) is 52.4. The van der Waals surface area contributed by atoms with Crippen LogP contribution >= 0.6 is 0 Å². The number of hydrogen-bond donors (Lipinski definition) is 3. The normalized spacial score (nSPS) is 12.8. The van der Waals surface area contributed by atoms with E-state index < -0.39 is 12.1 Å². The van der Waals surface area contributed by atoms with E-state index in [1.54, 1.807) is 6.08 Å². The summed E-state index contributed by atoms with van der Waals surface area (Å²) in [5.74, 6) is -0.0755. The van der Waals surface area contributed by atoms with Crippen molar-refractivity contribution in [3.05, 3.63) is 48.6 Å². The summed E-state index contributed by atoms with van der Waals surface area (Å²) in [5.41, 5.74) is 0. The topological polar surface area (TPSA) is 95.9 Å². The molecule has 0 rings (SSSR count). The molecule has 0 saturated carbocycles. The number of aliphatic hydroxyl groups excluding tert-OH is 2. The quantitative estimate of drug-likeness (QED) is 0.0320. The number of ether oxygens (including phenoxy) is 1. The fourth-order valence-corrected chi connectivity index (χ4v) is 10.7. The second-order valence-electron chi connectivity index (χ2n) is 23.9. The molecule has 1 amide bonds. The molecular weight excluding hydrogens is 959 g/mol. The zero-order chi connectivity index (χ0) is 56.4. The highest BCUT2D eigenvalue weighted by Gasteiger charge is 2.18. The Morgan fingerprint density at radius 2 is 0.641 bits per heavy atom. The van der Waals surface area contributed by atoms with E-state index in [2.05, 4.69) is 55.6 Å². The molecule has 2 atom stereocenters. The molecule has 458 valence electrons. The standard InChI is InChI=1S/C72H135NO5/c1-3-5-7-9-11-13-15-17-19-21-22-23-24-25-26-29-33-36-40-44-48-52-56-60-64-70(75)69(68-74)73-71(76)65-61-57-53-49-45-41-37-34-30-27-28-31-35-39-43-47-51-55-59-63-67-78-72(77)66-62-58-54-50-46-42-38-32-20-18-16-14-12-10-8-6-4-2/h12,14,18,20,27,30,60,64,69-70,74-75H,3-11,13,15-17,19,21-26,28-29,31-59,61-63,65-68H2,1-2H3,(H,73,76)/b14-12-,20-18-,30-27-,64-60+. The molecule has 6 nitrogen and oxygen atoms in total. The minimum atomic E-state index is -0.853. The Kier molecular flexibility index (Phi) is 65.4. The van der Waals surface area contributed by atoms with Crippen LogP contribution in [0.15, 0.2) is 48.6 Å². The van der Waals surface area contributed by atoms with E-state index in [-0.39, 0.29) is 18.5 Å². The predicted octanol–water partition coefficient (Wildman–Crippen LogP) is 22.5. The lowest BCUT2D eigenvalue weighted by Crippen LogP contribution is -2.45. The number of hydrogen-bond acceptors (Lipinski definition) is 5. The summed E-state index contributed by atoms with van der Waals surface area (Å²) in [4.78, 5) is 24.6. The number of esters is 1. The van der Waals surface area contributed by atoms with Crippen LogP contribution < -0.4 is 5.32 Å². The van der Waals surface area contributed by atoms with Crippen molar-refractivity contribution in [2.75, 3.05) is 13.2 Å². The molecule has 0 aromatic rings. The maximum Gasteiger partial charge on any atom is 0.305 e. The molecule has 0 fully saturated rings. The largest absolute Gasteiger partial charge is 0.466 e. The minimum Gasteiger partial charge on any atom is -0.466 e. The molecule has 0 aliphatic rings. The number of allylic oxidation sites excluding steroid dienone is 7. The lowest BCUT2D eigenvalue weighted by molar-refractivity contribution is -0.143. The van der Waals surface area contributed by atoms with E-state index >= 15 is 0 Å². The summed E-state index contributed by atoms with van der Waals surface area (Å²) in [7, 11) is 0. The molecule has 3 N–H and O–H groups in total. The van der Waals surface area contributed by atoms with Gasteiger partial charge in [0.1, 0.15) is 0 Å². The van der Waals surface area contributed by atoms with Gasteiger partial charge in [0.05, 0.1) is 25.4 Å². The van der Waals surface area contributed by atoms with Crippen LogP contribution in [0.1, 0.15) is 373 Å². The molecule has 78 heavy (non-hydrogen) atoms. The van der Waals surface area contributed by atoms with Crippen LogP contribution in [0.25, 0.3) is 0 Å². The molecule has 6 heteroatoms. The van der Waals surface area contributed by atoms with Gasteiger partial charge in [-0.25, -0.2) is 0 Å². The van der Waals surface area contributed by atoms with Crippen LogP contribution in [0.3, 0.4) is 0 Å². The first kappa shape index (κ1) is 75.8. The lowest BCUT2D eigenvalue weighted by atomic mass is 10.0. The Bertz CT molecular complexity index is 1310. The Hall–Kier alpha value is -2.18. The summed E-state index contributed by atoms with van der Waals surface area (Å²) in [6.45, 7) is 4.89. The average molecular weight is 1090 g/mol. The summed E-state index contributed by atoms with van der Waals surface area (Å²) in [6, 6.07) is -0.637. The zero-order valence-electron chi connectivity index (χ0n) is 52.4. The van der Waals surface area contributed by atoms with E-state index in [0.717, 1.165) is 57.8 Å². The average Bonchev–Trinajstić information content (AvgIpc) is 3.44. The Labute approximate surface area is 486 Å². The van der Waals surface area contributed by atoms with Crippen LogP contribution in [0.4, 0.5) is 0 Å². The van der Waals surface area contributed by atoms with E-state index in [4.69, 9.17) is 4.74 Å². The monoisotopic (exact) mass is 1090 g/mol. The second kappa shape index (κ2) is 67.3. The first-order chi connectivity index (χ1) is 38.5. The molecule has 0 radical (unpaired) electrons. The summed E-state index contributed by atoms with van der Waals surface area (Å²) >= 11 is 0. The molecule has 0 saturated heterocycles. The van der Waals surface area contributed by atoms with Crippen molar-refractivity contribution >= 4 is 11.9 Å². The van der Waals surface area contributed by atoms with Crippen LogP contribution in [-0.4, -0.2) is 47.4 Å². The maximum absolute atomic E-state index is 12.5. The molecule has 0 aliphatic carbocycles. The first-order valence-corrected chi connectivity index (χ1v) is 34.9. The van der Waals surface area contributed by atoms with Crippen molar-refractivity contribution in [1.29, 1.82) is 0 Å². The van der Waals surface area contributed by atoms with Crippen LogP contribution in [0, 0.1) is 0 Å². The van der Waals surface area contributed by atoms with Gasteiger partial charge in [-0.2, -0.15) is 0 Å². The molecule has 0 bridgehead atoms. The second-order valence-corrected chi connectivity index (χ2v) is 23.9. The highest BCUT2D eigenvalue weighted by molar-refractivity contribution is 5.76. The molecule has 0 aromatic heterocycles. The molecule has 2 unspecified atom stereocenters. The van der Waals surface area contributed by atoms with E-state index in [0.29, 0.717) is 19.4 Å². The van der Waals surface area contributed by atoms with E-state index in [9.17, 15) is 19.8 Å². The fraction of sp³-hybridized carbons (Fsp3) is 0.861. The third kappa shape index (κ3) is 63.0. The van der Waals surface area contributed by atoms with E-state index in [1.807, 2.05) is 6.08 Å². The Morgan fingerprint density at radius 3 is 1.01 bits per heavy atom. The van der Waals surface area contributed by atoms with Crippen LogP contribution in [0.5, 0.6) is 0 Å². The van der Waals surface area contributed by atoms with Gasteiger partial charge < -0.3 is 20.3 Å². The number of rotatable bonds is 65. The van der Waals surface area contributed by atoms with Gasteiger partial charge in [0.15, 0.2) is 0 Å². The molecule has 0 aliphatic heterocycles. The Balaban J connectivity index is 3.46. The highest BCUT2D eigenvalue weighted by atomic mass is 16.5. The first-order valence-electron chi connectivity index (χ1n) is 34.9. The molecular formula is C72H135NO5. The Morgan fingerprint density at radius 1 is 0.359 bits per heavy atom. The predicted molar refractivity (Wildman–Crippen MR) is 342 cm³/mol. The van der Waals surface area contributed by atoms with Gasteiger partial charge in [-0.05, 0) is 89.9 Å². The van der Waals surface area contributed by atoms with Gasteiger partial charge in [-0.3, -0.25) is 9.59 Å². The minimum absolute atomic E-state index is 0.00188. The number of carbonyl (C=O) groups excluding carboxylic acids is 2. The van der Waals surface area contributed by atoms with Gasteiger partial charge >= 0.3 is 5.97 Å². The third-order valence-electron chi connectivity index (χ3n) is 16.1. The van der Waals surface area contributed by atoms with Crippen molar-refractivity contribution in [1.82, 2.24) is 5.32 Å². The van der Waals surface area contributed by atoms with Crippen molar-refractivity contribution < 1.29 is 24.5 Å². The molecule has 0 spiro atoms. The molecule has 0 heterocycles. The van der Waals surface area contributed by atoms with Crippen LogP contribution in [-0.2, 0) is 14.3 Å². The molecule has 0 aromatic carbocycles. The van der Waals surface area contributed by atoms with Crippen molar-refractivity contribution in [3.63, 3.8) is 0 Å². The number of carbonyl (C=O) groups is 2. The smallest absolute Gasteiger partial charge is 0.305 e.